The van der Waals surface area contributed by atoms with E-state index in [9.17, 15) is 8.42 Å². The molecule has 0 spiro atoms. The number of sulfonamides is 1. The maximum atomic E-state index is 12.2. The molecule has 21 heavy (non-hydrogen) atoms. The number of aromatic amines is 1. The number of nitrogens with zero attached hydrogens (tertiary/aromatic N) is 1. The van der Waals surface area contributed by atoms with Crippen molar-refractivity contribution in [3.8, 4) is 0 Å². The molecular formula is C12H14Cl2N4O2S. The standard InChI is InChI=1S/C12H14Cl2N4O2S/c13-8-3-4-9(11(14)12(8)15)21(19,20)18-5-1-2-10-16-6-7-17-10/h3-4,6-7,18H,1-2,5,15H2,(H,16,17). The van der Waals surface area contributed by atoms with Gasteiger partial charge in [0, 0.05) is 25.4 Å². The van der Waals surface area contributed by atoms with Crippen molar-refractivity contribution in [2.45, 2.75) is 17.7 Å². The van der Waals surface area contributed by atoms with Crippen molar-refractivity contribution in [1.29, 1.82) is 0 Å². The van der Waals surface area contributed by atoms with Crippen molar-refractivity contribution >= 4 is 38.9 Å². The Morgan fingerprint density at radius 1 is 1.33 bits per heavy atom. The highest BCUT2D eigenvalue weighted by Crippen LogP contribution is 2.32. The molecule has 9 heteroatoms. The first-order chi connectivity index (χ1) is 9.92. The maximum absolute atomic E-state index is 12.2. The van der Waals surface area contributed by atoms with E-state index in [-0.39, 0.29) is 27.2 Å². The summed E-state index contributed by atoms with van der Waals surface area (Å²) in [6.45, 7) is 0.266. The summed E-state index contributed by atoms with van der Waals surface area (Å²) in [5.74, 6) is 0.808. The normalized spacial score (nSPS) is 11.7. The highest BCUT2D eigenvalue weighted by molar-refractivity contribution is 7.89. The molecule has 0 aliphatic heterocycles. The van der Waals surface area contributed by atoms with Crippen molar-refractivity contribution in [2.24, 2.45) is 0 Å². The van der Waals surface area contributed by atoms with Crippen molar-refractivity contribution in [3.05, 3.63) is 40.4 Å². The first-order valence-corrected chi connectivity index (χ1v) is 8.37. The van der Waals surface area contributed by atoms with E-state index in [4.69, 9.17) is 28.9 Å². The summed E-state index contributed by atoms with van der Waals surface area (Å²) in [5, 5.41) is 0.151. The molecular weight excluding hydrogens is 335 g/mol. The van der Waals surface area contributed by atoms with Crippen molar-refractivity contribution in [2.75, 3.05) is 12.3 Å². The van der Waals surface area contributed by atoms with Crippen LogP contribution in [0.25, 0.3) is 0 Å². The summed E-state index contributed by atoms with van der Waals surface area (Å²) in [5.41, 5.74) is 5.68. The Hall–Kier alpha value is -1.28. The minimum Gasteiger partial charge on any atom is -0.396 e. The van der Waals surface area contributed by atoms with Gasteiger partial charge in [0.15, 0.2) is 0 Å². The number of H-pyrrole nitrogens is 1. The van der Waals surface area contributed by atoms with Crippen LogP contribution in [0.4, 0.5) is 5.69 Å². The Morgan fingerprint density at radius 3 is 2.76 bits per heavy atom. The molecule has 6 nitrogen and oxygen atoms in total. The van der Waals surface area contributed by atoms with Crippen molar-refractivity contribution in [1.82, 2.24) is 14.7 Å². The molecule has 0 radical (unpaired) electrons. The predicted octanol–water partition coefficient (Wildman–Crippen LogP) is 2.21. The van der Waals surface area contributed by atoms with Crippen LogP contribution in [0, 0.1) is 0 Å². The van der Waals surface area contributed by atoms with E-state index in [1.54, 1.807) is 12.4 Å². The molecule has 2 rings (SSSR count). The molecule has 1 heterocycles. The van der Waals surface area contributed by atoms with Crippen LogP contribution < -0.4 is 10.5 Å². The van der Waals surface area contributed by atoms with Crippen LogP contribution >= 0.6 is 23.2 Å². The third kappa shape index (κ3) is 3.88. The number of aromatic nitrogens is 2. The van der Waals surface area contributed by atoms with Crippen LogP contribution in [0.3, 0.4) is 0 Å². The number of nitrogen functional groups attached to an aromatic ring is 1. The molecule has 0 aliphatic carbocycles. The largest absolute Gasteiger partial charge is 0.396 e. The van der Waals surface area contributed by atoms with Crippen LogP contribution in [0.5, 0.6) is 0 Å². The Balaban J connectivity index is 2.00. The Labute approximate surface area is 132 Å². The maximum Gasteiger partial charge on any atom is 0.242 e. The van der Waals surface area contributed by atoms with E-state index in [1.165, 1.54) is 12.1 Å². The number of halogens is 2. The number of hydrogen-bond donors (Lipinski definition) is 3. The van der Waals surface area contributed by atoms with Gasteiger partial charge in [0.2, 0.25) is 10.0 Å². The molecule has 4 N–H and O–H groups in total. The van der Waals surface area contributed by atoms with Gasteiger partial charge >= 0.3 is 0 Å². The van der Waals surface area contributed by atoms with E-state index in [1.807, 2.05) is 0 Å². The fourth-order valence-corrected chi connectivity index (χ4v) is 3.57. The van der Waals surface area contributed by atoms with E-state index >= 15 is 0 Å². The zero-order valence-electron chi connectivity index (χ0n) is 10.9. The zero-order chi connectivity index (χ0) is 15.5. The predicted molar refractivity (Wildman–Crippen MR) is 83.0 cm³/mol. The van der Waals surface area contributed by atoms with Gasteiger partial charge in [-0.1, -0.05) is 23.2 Å². The molecule has 0 saturated carbocycles. The Morgan fingerprint density at radius 2 is 2.10 bits per heavy atom. The third-order valence-corrected chi connectivity index (χ3v) is 5.17. The molecule has 0 aliphatic rings. The van der Waals surface area contributed by atoms with Gasteiger partial charge in [0.05, 0.1) is 15.7 Å². The lowest BCUT2D eigenvalue weighted by Gasteiger charge is -2.10. The van der Waals surface area contributed by atoms with Crippen LogP contribution in [-0.2, 0) is 16.4 Å². The number of benzene rings is 1. The number of hydrogen-bond acceptors (Lipinski definition) is 4. The quantitative estimate of drug-likeness (QED) is 0.550. The lowest BCUT2D eigenvalue weighted by Crippen LogP contribution is -2.25. The van der Waals surface area contributed by atoms with Gasteiger partial charge in [-0.3, -0.25) is 0 Å². The number of nitrogens with one attached hydrogen (secondary N) is 2. The smallest absolute Gasteiger partial charge is 0.242 e. The first kappa shape index (κ1) is 16.1. The molecule has 1 aromatic heterocycles. The molecule has 0 fully saturated rings. The van der Waals surface area contributed by atoms with E-state index < -0.39 is 10.0 Å². The van der Waals surface area contributed by atoms with Gasteiger partial charge in [-0.25, -0.2) is 18.1 Å². The number of aryl methyl sites for hydroxylation is 1. The van der Waals surface area contributed by atoms with Gasteiger partial charge in [-0.05, 0) is 18.6 Å². The Kier molecular flexibility index (Phi) is 5.10. The first-order valence-electron chi connectivity index (χ1n) is 6.13. The monoisotopic (exact) mass is 348 g/mol. The molecule has 0 unspecified atom stereocenters. The summed E-state index contributed by atoms with van der Waals surface area (Å²) in [4.78, 5) is 6.93. The SMILES string of the molecule is Nc1c(Cl)ccc(S(=O)(=O)NCCCc2ncc[nH]2)c1Cl. The van der Waals surface area contributed by atoms with E-state index in [0.717, 1.165) is 5.82 Å². The van der Waals surface area contributed by atoms with E-state index in [2.05, 4.69) is 14.7 Å². The second kappa shape index (κ2) is 6.65. The molecule has 0 amide bonds. The summed E-state index contributed by atoms with van der Waals surface area (Å²) in [6, 6.07) is 2.73. The average molecular weight is 349 g/mol. The third-order valence-electron chi connectivity index (χ3n) is 2.82. The van der Waals surface area contributed by atoms with Crippen molar-refractivity contribution < 1.29 is 8.42 Å². The van der Waals surface area contributed by atoms with Gasteiger partial charge in [0.25, 0.3) is 0 Å². The summed E-state index contributed by atoms with van der Waals surface area (Å²) >= 11 is 11.7. The number of imidazole rings is 1. The summed E-state index contributed by atoms with van der Waals surface area (Å²) in [7, 11) is -3.72. The molecule has 0 atom stereocenters. The zero-order valence-corrected chi connectivity index (χ0v) is 13.3. The highest BCUT2D eigenvalue weighted by atomic mass is 35.5. The summed E-state index contributed by atoms with van der Waals surface area (Å²) in [6.07, 6.45) is 4.62. The lowest BCUT2D eigenvalue weighted by atomic mass is 10.3. The van der Waals surface area contributed by atoms with Crippen molar-refractivity contribution in [3.63, 3.8) is 0 Å². The highest BCUT2D eigenvalue weighted by Gasteiger charge is 2.20. The average Bonchev–Trinajstić information content (AvgIpc) is 2.94. The number of nitrogens with two attached hydrogens (primary N) is 1. The fourth-order valence-electron chi connectivity index (χ4n) is 1.73. The molecule has 0 saturated heterocycles. The molecule has 114 valence electrons. The minimum absolute atomic E-state index is 0.0526. The van der Waals surface area contributed by atoms with E-state index in [0.29, 0.717) is 12.8 Å². The fraction of sp³-hybridized carbons (Fsp3) is 0.250. The Bertz CT molecular complexity index is 717. The number of rotatable bonds is 6. The van der Waals surface area contributed by atoms with Gasteiger partial charge in [0.1, 0.15) is 10.7 Å². The number of anilines is 1. The molecule has 1 aromatic carbocycles. The van der Waals surface area contributed by atoms with Gasteiger partial charge < -0.3 is 10.7 Å². The molecule has 2 aromatic rings. The lowest BCUT2D eigenvalue weighted by molar-refractivity contribution is 0.578. The second-order valence-electron chi connectivity index (χ2n) is 4.31. The summed E-state index contributed by atoms with van der Waals surface area (Å²) < 4.78 is 26.8. The minimum atomic E-state index is -3.72. The van der Waals surface area contributed by atoms with Crippen LogP contribution in [0.1, 0.15) is 12.2 Å². The van der Waals surface area contributed by atoms with Crippen LogP contribution in [-0.4, -0.2) is 24.9 Å². The molecule has 0 bridgehead atoms. The second-order valence-corrected chi connectivity index (χ2v) is 6.83. The van der Waals surface area contributed by atoms with Crippen LogP contribution in [0.15, 0.2) is 29.4 Å². The van der Waals surface area contributed by atoms with Crippen LogP contribution in [0.2, 0.25) is 10.0 Å². The van der Waals surface area contributed by atoms with Gasteiger partial charge in [-0.15, -0.1) is 0 Å². The topological polar surface area (TPSA) is 101 Å². The van der Waals surface area contributed by atoms with Gasteiger partial charge in [-0.2, -0.15) is 0 Å².